The Kier molecular flexibility index (Phi) is 2.68. The molecule has 2 rings (SSSR count). The van der Waals surface area contributed by atoms with E-state index < -0.39 is 0 Å². The number of hydrogen-bond donors (Lipinski definition) is 1. The second-order valence-electron chi connectivity index (χ2n) is 3.79. The van der Waals surface area contributed by atoms with E-state index in [-0.39, 0.29) is 6.61 Å². The van der Waals surface area contributed by atoms with E-state index in [4.69, 9.17) is 5.11 Å². The third-order valence-corrected chi connectivity index (χ3v) is 2.58. The Balaban J connectivity index is 2.21. The maximum atomic E-state index is 9.00. The first kappa shape index (κ1) is 9.46. The van der Waals surface area contributed by atoms with Gasteiger partial charge in [-0.05, 0) is 31.4 Å². The summed E-state index contributed by atoms with van der Waals surface area (Å²) in [6, 6.07) is 4.62. The van der Waals surface area contributed by atoms with Crippen LogP contribution in [0.5, 0.6) is 0 Å². The highest BCUT2D eigenvalue weighted by Crippen LogP contribution is 2.31. The van der Waals surface area contributed by atoms with Crippen LogP contribution in [0.1, 0.15) is 18.4 Å². The number of rotatable bonds is 4. The summed E-state index contributed by atoms with van der Waals surface area (Å²) < 4.78 is 0. The molecule has 14 heavy (non-hydrogen) atoms. The van der Waals surface area contributed by atoms with Gasteiger partial charge in [0.1, 0.15) is 5.82 Å². The van der Waals surface area contributed by atoms with Crippen LogP contribution in [0.25, 0.3) is 0 Å². The Hall–Kier alpha value is -1.09. The van der Waals surface area contributed by atoms with Crippen molar-refractivity contribution in [2.45, 2.75) is 25.8 Å². The largest absolute Gasteiger partial charge is 0.395 e. The third-order valence-electron chi connectivity index (χ3n) is 2.58. The zero-order valence-electron chi connectivity index (χ0n) is 8.48. The van der Waals surface area contributed by atoms with Gasteiger partial charge in [0.25, 0.3) is 0 Å². The predicted molar refractivity (Wildman–Crippen MR) is 56.4 cm³/mol. The fraction of sp³-hybridized carbons (Fsp3) is 0.545. The zero-order valence-corrected chi connectivity index (χ0v) is 8.48. The molecule has 3 heteroatoms. The first-order chi connectivity index (χ1) is 6.83. The molecule has 0 saturated heterocycles. The molecule has 0 unspecified atom stereocenters. The number of aryl methyl sites for hydroxylation is 1. The Morgan fingerprint density at radius 3 is 2.93 bits per heavy atom. The Morgan fingerprint density at radius 2 is 2.36 bits per heavy atom. The van der Waals surface area contributed by atoms with Crippen molar-refractivity contribution in [3.8, 4) is 0 Å². The summed E-state index contributed by atoms with van der Waals surface area (Å²) in [6.45, 7) is 2.96. The van der Waals surface area contributed by atoms with Crippen molar-refractivity contribution in [3.63, 3.8) is 0 Å². The van der Waals surface area contributed by atoms with Crippen molar-refractivity contribution < 1.29 is 5.11 Å². The Labute approximate surface area is 84.4 Å². The second-order valence-corrected chi connectivity index (χ2v) is 3.79. The van der Waals surface area contributed by atoms with Crippen LogP contribution >= 0.6 is 0 Å². The highest BCUT2D eigenvalue weighted by Gasteiger charge is 2.30. The van der Waals surface area contributed by atoms with Crippen LogP contribution in [0.4, 0.5) is 5.82 Å². The molecular weight excluding hydrogens is 176 g/mol. The molecule has 0 radical (unpaired) electrons. The standard InChI is InChI=1S/C11H16N2O/c1-9-3-2-6-12-11(9)13(7-8-14)10-4-5-10/h2-3,6,10,14H,4-5,7-8H2,1H3. The molecule has 1 aliphatic rings. The van der Waals surface area contributed by atoms with Crippen LogP contribution in [-0.4, -0.2) is 29.3 Å². The van der Waals surface area contributed by atoms with Gasteiger partial charge in [-0.3, -0.25) is 0 Å². The van der Waals surface area contributed by atoms with E-state index in [1.54, 1.807) is 0 Å². The molecule has 1 saturated carbocycles. The van der Waals surface area contributed by atoms with Crippen molar-refractivity contribution in [3.05, 3.63) is 23.9 Å². The second kappa shape index (κ2) is 3.96. The van der Waals surface area contributed by atoms with Crippen molar-refractivity contribution in [1.82, 2.24) is 4.98 Å². The molecule has 0 aliphatic heterocycles. The topological polar surface area (TPSA) is 36.4 Å². The molecule has 3 nitrogen and oxygen atoms in total. The number of aliphatic hydroxyl groups is 1. The van der Waals surface area contributed by atoms with E-state index in [1.807, 2.05) is 12.3 Å². The molecule has 76 valence electrons. The van der Waals surface area contributed by atoms with Gasteiger partial charge in [-0.15, -0.1) is 0 Å². The van der Waals surface area contributed by atoms with Gasteiger partial charge in [0, 0.05) is 18.8 Å². The lowest BCUT2D eigenvalue weighted by Gasteiger charge is -2.23. The summed E-state index contributed by atoms with van der Waals surface area (Å²) in [5.74, 6) is 1.03. The molecule has 1 fully saturated rings. The number of pyridine rings is 1. The number of aliphatic hydroxyl groups excluding tert-OH is 1. The molecule has 0 bridgehead atoms. The molecule has 1 aromatic rings. The van der Waals surface area contributed by atoms with E-state index in [2.05, 4.69) is 22.9 Å². The third kappa shape index (κ3) is 1.87. The summed E-state index contributed by atoms with van der Waals surface area (Å²) in [7, 11) is 0. The zero-order chi connectivity index (χ0) is 9.97. The van der Waals surface area contributed by atoms with Crippen LogP contribution in [0.2, 0.25) is 0 Å². The number of nitrogens with zero attached hydrogens (tertiary/aromatic N) is 2. The average molecular weight is 192 g/mol. The van der Waals surface area contributed by atoms with E-state index in [9.17, 15) is 0 Å². The van der Waals surface area contributed by atoms with Gasteiger partial charge in [0.05, 0.1) is 6.61 Å². The van der Waals surface area contributed by atoms with Crippen molar-refractivity contribution in [2.75, 3.05) is 18.1 Å². The fourth-order valence-electron chi connectivity index (χ4n) is 1.73. The minimum absolute atomic E-state index is 0.201. The molecule has 0 amide bonds. The molecule has 0 spiro atoms. The Bertz CT molecular complexity index is 310. The van der Waals surface area contributed by atoms with Crippen molar-refractivity contribution in [2.24, 2.45) is 0 Å². The first-order valence-electron chi connectivity index (χ1n) is 5.12. The average Bonchev–Trinajstić information content (AvgIpc) is 2.99. The summed E-state index contributed by atoms with van der Waals surface area (Å²) in [5, 5.41) is 9.00. The molecular formula is C11H16N2O. The van der Waals surface area contributed by atoms with Crippen molar-refractivity contribution in [1.29, 1.82) is 0 Å². The van der Waals surface area contributed by atoms with Crippen LogP contribution in [0, 0.1) is 6.92 Å². The van der Waals surface area contributed by atoms with Gasteiger partial charge in [-0.25, -0.2) is 4.98 Å². The lowest BCUT2D eigenvalue weighted by molar-refractivity contribution is 0.301. The predicted octanol–water partition coefficient (Wildman–Crippen LogP) is 1.35. The quantitative estimate of drug-likeness (QED) is 0.782. The molecule has 1 aliphatic carbocycles. The highest BCUT2D eigenvalue weighted by molar-refractivity contribution is 5.47. The van der Waals surface area contributed by atoms with Crippen molar-refractivity contribution >= 4 is 5.82 Å². The highest BCUT2D eigenvalue weighted by atomic mass is 16.3. The molecule has 1 N–H and O–H groups in total. The van der Waals surface area contributed by atoms with Gasteiger partial charge in [0.2, 0.25) is 0 Å². The van der Waals surface area contributed by atoms with Gasteiger partial charge < -0.3 is 10.0 Å². The normalized spacial score (nSPS) is 15.6. The lowest BCUT2D eigenvalue weighted by atomic mass is 10.2. The maximum absolute atomic E-state index is 9.00. The van der Waals surface area contributed by atoms with Crippen LogP contribution in [0.15, 0.2) is 18.3 Å². The minimum Gasteiger partial charge on any atom is -0.395 e. The van der Waals surface area contributed by atoms with E-state index >= 15 is 0 Å². The van der Waals surface area contributed by atoms with E-state index in [0.29, 0.717) is 12.6 Å². The van der Waals surface area contributed by atoms with Gasteiger partial charge >= 0.3 is 0 Å². The van der Waals surface area contributed by atoms with Gasteiger partial charge in [-0.1, -0.05) is 6.07 Å². The SMILES string of the molecule is Cc1cccnc1N(CCO)C1CC1. The molecule has 1 heterocycles. The Morgan fingerprint density at radius 1 is 1.57 bits per heavy atom. The molecule has 0 aromatic carbocycles. The van der Waals surface area contributed by atoms with Gasteiger partial charge in [-0.2, -0.15) is 0 Å². The fourth-order valence-corrected chi connectivity index (χ4v) is 1.73. The molecule has 0 atom stereocenters. The molecule has 1 aromatic heterocycles. The lowest BCUT2D eigenvalue weighted by Crippen LogP contribution is -2.30. The number of aromatic nitrogens is 1. The maximum Gasteiger partial charge on any atom is 0.131 e. The monoisotopic (exact) mass is 192 g/mol. The summed E-state index contributed by atoms with van der Waals surface area (Å²) in [4.78, 5) is 6.59. The first-order valence-corrected chi connectivity index (χ1v) is 5.12. The van der Waals surface area contributed by atoms with Crippen LogP contribution < -0.4 is 4.90 Å². The number of hydrogen-bond acceptors (Lipinski definition) is 3. The summed E-state index contributed by atoms with van der Waals surface area (Å²) >= 11 is 0. The number of anilines is 1. The van der Waals surface area contributed by atoms with Gasteiger partial charge in [0.15, 0.2) is 0 Å². The summed E-state index contributed by atoms with van der Waals surface area (Å²) in [5.41, 5.74) is 1.19. The van der Waals surface area contributed by atoms with E-state index in [0.717, 1.165) is 5.82 Å². The van der Waals surface area contributed by atoms with E-state index in [1.165, 1.54) is 18.4 Å². The smallest absolute Gasteiger partial charge is 0.131 e. The minimum atomic E-state index is 0.201. The summed E-state index contributed by atoms with van der Waals surface area (Å²) in [6.07, 6.45) is 4.28. The van der Waals surface area contributed by atoms with Crippen LogP contribution in [-0.2, 0) is 0 Å². The van der Waals surface area contributed by atoms with Crippen LogP contribution in [0.3, 0.4) is 0 Å².